The summed E-state index contributed by atoms with van der Waals surface area (Å²) in [6, 6.07) is 42.9. The van der Waals surface area contributed by atoms with Crippen LogP contribution in [0.1, 0.15) is 46.2 Å². The van der Waals surface area contributed by atoms with Crippen LogP contribution in [-0.2, 0) is 32.1 Å². The second-order valence-corrected chi connectivity index (χ2v) is 16.9. The molecule has 2 aliphatic heterocycles. The summed E-state index contributed by atoms with van der Waals surface area (Å²) in [6.45, 7) is 0.387. The summed E-state index contributed by atoms with van der Waals surface area (Å²) in [7, 11) is 0. The molecule has 5 aromatic carbocycles. The molecule has 12 heteroatoms. The highest BCUT2D eigenvalue weighted by Crippen LogP contribution is 2.62. The minimum Gasteiger partial charge on any atom is -0.489 e. The Morgan fingerprint density at radius 2 is 1.47 bits per heavy atom. The van der Waals surface area contributed by atoms with E-state index in [1.54, 1.807) is 11.8 Å². The molecule has 0 radical (unpaired) electrons. The second kappa shape index (κ2) is 15.8. The number of thioether (sulfide) groups is 1. The molecule has 1 N–H and O–H groups in total. The van der Waals surface area contributed by atoms with Gasteiger partial charge >= 0.3 is 5.97 Å². The van der Waals surface area contributed by atoms with Gasteiger partial charge in [-0.1, -0.05) is 103 Å². The lowest BCUT2D eigenvalue weighted by Crippen LogP contribution is -2.71. The third kappa shape index (κ3) is 7.54. The maximum absolute atomic E-state index is 14.7. The minimum atomic E-state index is -0.781. The molecule has 2 fully saturated rings. The number of ether oxygens (including phenoxy) is 3. The first kappa shape index (κ1) is 37.2. The number of amides is 2. The Hall–Kier alpha value is -6.42. The van der Waals surface area contributed by atoms with Gasteiger partial charge in [-0.2, -0.15) is 5.26 Å². The Labute approximate surface area is 343 Å². The van der Waals surface area contributed by atoms with E-state index in [2.05, 4.69) is 16.4 Å². The Bertz CT molecular complexity index is 2530. The summed E-state index contributed by atoms with van der Waals surface area (Å²) in [4.78, 5) is 47.7. The van der Waals surface area contributed by atoms with Crippen molar-refractivity contribution >= 4 is 51.1 Å². The van der Waals surface area contributed by atoms with Crippen molar-refractivity contribution in [1.82, 2.24) is 15.2 Å². The molecule has 6 aromatic rings. The summed E-state index contributed by atoms with van der Waals surface area (Å²) in [5.41, 5.74) is 5.01. The second-order valence-electron chi connectivity index (χ2n) is 14.3. The molecule has 1 aromatic heterocycles. The summed E-state index contributed by atoms with van der Waals surface area (Å²) in [5, 5.41) is 12.1. The Kier molecular flexibility index (Phi) is 10.2. The maximum Gasteiger partial charge on any atom is 0.356 e. The molecule has 2 atom stereocenters. The number of carbonyl (C=O) groups excluding carboxylic acids is 3. The van der Waals surface area contributed by atoms with Crippen molar-refractivity contribution in [1.29, 1.82) is 5.26 Å². The average molecular weight is 805 g/mol. The Balaban J connectivity index is 0.962. The number of nitrogens with one attached hydrogen (secondary N) is 1. The predicted octanol–water partition coefficient (Wildman–Crippen LogP) is 7.89. The zero-order valence-electron chi connectivity index (χ0n) is 31.1. The standard InChI is InChI=1S/C46H36N4O6S2/c47-26-39-48-36-21-20-34(25-37(36)57-39)54-27-30-16-18-33(19-17-30)55-28-35-41(45(53)56-42(31-12-6-2-7-13-31)32-14-8-3-9-15-32)50-43(52)40(44(50)58-46(35)22-23-46)49-38(51)24-29-10-4-1-5-11-29/h1-21,25,40,42,44H,22-24,27-28H2,(H,49,51). The Morgan fingerprint density at radius 1 is 0.828 bits per heavy atom. The van der Waals surface area contributed by atoms with Gasteiger partial charge in [-0.15, -0.1) is 23.1 Å². The van der Waals surface area contributed by atoms with E-state index in [0.29, 0.717) is 28.7 Å². The van der Waals surface area contributed by atoms with E-state index in [9.17, 15) is 19.6 Å². The smallest absolute Gasteiger partial charge is 0.356 e. The van der Waals surface area contributed by atoms with Crippen LogP contribution in [0.25, 0.3) is 10.2 Å². The predicted molar refractivity (Wildman–Crippen MR) is 221 cm³/mol. The highest BCUT2D eigenvalue weighted by Gasteiger charge is 2.64. The number of β-lactam (4-membered cyclic amide) rings is 1. The number of carbonyl (C=O) groups is 3. The van der Waals surface area contributed by atoms with E-state index < -0.39 is 28.2 Å². The van der Waals surface area contributed by atoms with Crippen molar-refractivity contribution in [2.75, 3.05) is 6.61 Å². The fraction of sp³-hybridized carbons (Fsp3) is 0.196. The van der Waals surface area contributed by atoms with Gasteiger partial charge < -0.3 is 19.5 Å². The molecule has 0 bridgehead atoms. The van der Waals surface area contributed by atoms with Gasteiger partial charge in [0, 0.05) is 10.3 Å². The SMILES string of the molecule is N#Cc1nc2ccc(OCc3ccc(OCC4=C(C(=O)OC(c5ccccc5)c5ccccc5)N5C(=O)C(NC(=O)Cc6ccccc6)C5SC45CC5)cc3)cc2s1. The van der Waals surface area contributed by atoms with Crippen LogP contribution in [0.5, 0.6) is 11.5 Å². The first-order valence-corrected chi connectivity index (χ1v) is 20.6. The quantitative estimate of drug-likeness (QED) is 0.0915. The number of esters is 1. The van der Waals surface area contributed by atoms with E-state index in [1.807, 2.05) is 133 Å². The number of hydrogen-bond acceptors (Lipinski definition) is 10. The zero-order chi connectivity index (χ0) is 39.6. The number of thiazole rings is 1. The molecular weight excluding hydrogens is 769 g/mol. The fourth-order valence-corrected chi connectivity index (χ4v) is 9.90. The average Bonchev–Trinajstić information content (AvgIpc) is 3.91. The molecule has 58 heavy (non-hydrogen) atoms. The number of fused-ring (bicyclic) bond motifs is 2. The number of nitrogens with zero attached hydrogens (tertiary/aromatic N) is 3. The highest BCUT2D eigenvalue weighted by atomic mass is 32.2. The molecule has 2 amide bonds. The molecule has 1 saturated carbocycles. The Morgan fingerprint density at radius 3 is 2.12 bits per heavy atom. The van der Waals surface area contributed by atoms with E-state index >= 15 is 0 Å². The molecule has 288 valence electrons. The van der Waals surface area contributed by atoms with Crippen molar-refractivity contribution in [3.05, 3.63) is 172 Å². The monoisotopic (exact) mass is 804 g/mol. The number of aromatic nitrogens is 1. The number of rotatable bonds is 13. The molecule has 1 spiro atoms. The molecule has 10 nitrogen and oxygen atoms in total. The van der Waals surface area contributed by atoms with Crippen molar-refractivity contribution in [3.63, 3.8) is 0 Å². The van der Waals surface area contributed by atoms with Gasteiger partial charge in [0.1, 0.15) is 47.9 Å². The summed E-state index contributed by atoms with van der Waals surface area (Å²) in [6.07, 6.45) is 1.00. The van der Waals surface area contributed by atoms with Crippen molar-refractivity contribution in [2.24, 2.45) is 0 Å². The number of hydrogen-bond donors (Lipinski definition) is 1. The highest BCUT2D eigenvalue weighted by molar-refractivity contribution is 8.02. The van der Waals surface area contributed by atoms with Gasteiger partial charge in [-0.25, -0.2) is 9.78 Å². The molecule has 3 aliphatic rings. The van der Waals surface area contributed by atoms with Gasteiger partial charge in [-0.05, 0) is 65.4 Å². The largest absolute Gasteiger partial charge is 0.489 e. The van der Waals surface area contributed by atoms with Gasteiger partial charge in [-0.3, -0.25) is 14.5 Å². The lowest BCUT2D eigenvalue weighted by Gasteiger charge is -2.52. The third-order valence-corrected chi connectivity index (χ3v) is 13.2. The number of benzene rings is 5. The molecule has 3 heterocycles. The van der Waals surface area contributed by atoms with E-state index in [0.717, 1.165) is 45.3 Å². The number of nitriles is 1. The topological polar surface area (TPSA) is 131 Å². The van der Waals surface area contributed by atoms with Crippen LogP contribution in [-0.4, -0.2) is 50.4 Å². The first-order chi connectivity index (χ1) is 28.4. The summed E-state index contributed by atoms with van der Waals surface area (Å²) in [5.74, 6) is 0.0289. The lowest BCUT2D eigenvalue weighted by molar-refractivity contribution is -0.154. The van der Waals surface area contributed by atoms with Gasteiger partial charge in [0.05, 0.1) is 16.6 Å². The normalized spacial score (nSPS) is 17.7. The van der Waals surface area contributed by atoms with Gasteiger partial charge in [0.15, 0.2) is 11.1 Å². The van der Waals surface area contributed by atoms with Crippen LogP contribution in [0, 0.1) is 11.3 Å². The molecule has 1 aliphatic carbocycles. The fourth-order valence-electron chi connectivity index (χ4n) is 7.37. The van der Waals surface area contributed by atoms with Gasteiger partial charge in [0.25, 0.3) is 5.91 Å². The summed E-state index contributed by atoms with van der Waals surface area (Å²) < 4.78 is 19.3. The van der Waals surface area contributed by atoms with Crippen molar-refractivity contribution in [3.8, 4) is 17.6 Å². The maximum atomic E-state index is 14.7. The van der Waals surface area contributed by atoms with Crippen molar-refractivity contribution in [2.45, 2.75) is 48.1 Å². The molecule has 2 unspecified atom stereocenters. The van der Waals surface area contributed by atoms with Crippen LogP contribution >= 0.6 is 23.1 Å². The molecule has 9 rings (SSSR count). The van der Waals surface area contributed by atoms with Crippen LogP contribution < -0.4 is 14.8 Å². The molecular formula is C46H36N4O6S2. The van der Waals surface area contributed by atoms with Crippen LogP contribution in [0.15, 0.2) is 145 Å². The minimum absolute atomic E-state index is 0.0652. The van der Waals surface area contributed by atoms with Crippen LogP contribution in [0.4, 0.5) is 0 Å². The van der Waals surface area contributed by atoms with Crippen molar-refractivity contribution < 1.29 is 28.6 Å². The van der Waals surface area contributed by atoms with Crippen LogP contribution in [0.2, 0.25) is 0 Å². The first-order valence-electron chi connectivity index (χ1n) is 18.9. The zero-order valence-corrected chi connectivity index (χ0v) is 32.7. The summed E-state index contributed by atoms with van der Waals surface area (Å²) >= 11 is 2.93. The van der Waals surface area contributed by atoms with E-state index in [4.69, 9.17) is 14.2 Å². The van der Waals surface area contributed by atoms with E-state index in [-0.39, 0.29) is 30.5 Å². The van der Waals surface area contributed by atoms with E-state index in [1.165, 1.54) is 16.2 Å². The van der Waals surface area contributed by atoms with Crippen LogP contribution in [0.3, 0.4) is 0 Å². The van der Waals surface area contributed by atoms with Gasteiger partial charge in [0.2, 0.25) is 5.91 Å². The lowest BCUT2D eigenvalue weighted by atomic mass is 9.98. The third-order valence-electron chi connectivity index (χ3n) is 10.5. The molecule has 1 saturated heterocycles.